The van der Waals surface area contributed by atoms with Gasteiger partial charge in [0.1, 0.15) is 0 Å². The molecule has 0 spiro atoms. The highest BCUT2D eigenvalue weighted by Gasteiger charge is 2.11. The van der Waals surface area contributed by atoms with Gasteiger partial charge in [0.05, 0.1) is 11.2 Å². The summed E-state index contributed by atoms with van der Waals surface area (Å²) in [5, 5.41) is 14.1. The molecule has 2 N–H and O–H groups in total. The molecule has 2 aromatic rings. The number of nitro groups is 1. The minimum Gasteiger partial charge on any atom is -0.379 e. The fourth-order valence-electron chi connectivity index (χ4n) is 2.17. The molecule has 0 radical (unpaired) electrons. The Balaban J connectivity index is 2.03. The molecule has 0 aliphatic carbocycles. The van der Waals surface area contributed by atoms with Crippen molar-refractivity contribution in [2.45, 2.75) is 19.5 Å². The topological polar surface area (TPSA) is 101 Å². The quantitative estimate of drug-likeness (QED) is 0.591. The van der Waals surface area contributed by atoms with Gasteiger partial charge in [0.25, 0.3) is 5.69 Å². The molecule has 24 heavy (non-hydrogen) atoms. The van der Waals surface area contributed by atoms with E-state index in [2.05, 4.69) is 10.0 Å². The first-order valence-electron chi connectivity index (χ1n) is 7.29. The standard InChI is InChI=1S/C16H19N3O4S/c1-12(14-4-3-5-16(10-14)19(20)21)18-15-8-6-13(7-9-15)11-17-24(2,22)23/h3-10,12,17-18H,11H2,1-2H3/t12-/m0/s1. The van der Waals surface area contributed by atoms with Crippen molar-refractivity contribution in [1.29, 1.82) is 0 Å². The lowest BCUT2D eigenvalue weighted by atomic mass is 10.1. The molecule has 0 fully saturated rings. The number of anilines is 1. The number of non-ortho nitro benzene ring substituents is 1. The third-order valence-electron chi connectivity index (χ3n) is 3.46. The van der Waals surface area contributed by atoms with Crippen molar-refractivity contribution < 1.29 is 13.3 Å². The van der Waals surface area contributed by atoms with Crippen LogP contribution in [0.5, 0.6) is 0 Å². The Labute approximate surface area is 140 Å². The second-order valence-electron chi connectivity index (χ2n) is 5.51. The summed E-state index contributed by atoms with van der Waals surface area (Å²) in [6.45, 7) is 2.15. The van der Waals surface area contributed by atoms with E-state index in [1.165, 1.54) is 6.07 Å². The maximum atomic E-state index is 11.1. The van der Waals surface area contributed by atoms with Gasteiger partial charge in [0, 0.05) is 30.4 Å². The molecule has 0 saturated carbocycles. The van der Waals surface area contributed by atoms with Crippen molar-refractivity contribution in [3.05, 3.63) is 69.8 Å². The van der Waals surface area contributed by atoms with Crippen molar-refractivity contribution in [2.24, 2.45) is 0 Å². The second-order valence-corrected chi connectivity index (χ2v) is 7.34. The van der Waals surface area contributed by atoms with Crippen molar-refractivity contribution >= 4 is 21.4 Å². The molecule has 0 aliphatic heterocycles. The van der Waals surface area contributed by atoms with Gasteiger partial charge in [0.2, 0.25) is 10.0 Å². The van der Waals surface area contributed by atoms with Gasteiger partial charge in [-0.3, -0.25) is 10.1 Å². The Kier molecular flexibility index (Phi) is 5.53. The van der Waals surface area contributed by atoms with Crippen LogP contribution in [-0.4, -0.2) is 19.6 Å². The summed E-state index contributed by atoms with van der Waals surface area (Å²) in [7, 11) is -3.22. The third kappa shape index (κ3) is 5.32. The van der Waals surface area contributed by atoms with Crippen molar-refractivity contribution in [3.63, 3.8) is 0 Å². The number of nitro benzene ring substituents is 1. The van der Waals surface area contributed by atoms with Crippen LogP contribution in [0, 0.1) is 10.1 Å². The molecule has 0 unspecified atom stereocenters. The van der Waals surface area contributed by atoms with Crippen molar-refractivity contribution in [3.8, 4) is 0 Å². The summed E-state index contributed by atoms with van der Waals surface area (Å²) in [5.74, 6) is 0. The third-order valence-corrected chi connectivity index (χ3v) is 4.13. The minimum absolute atomic E-state index is 0.0587. The number of benzene rings is 2. The van der Waals surface area contributed by atoms with Crippen LogP contribution in [0.2, 0.25) is 0 Å². The molecule has 0 bridgehead atoms. The average molecular weight is 349 g/mol. The van der Waals surface area contributed by atoms with Crippen molar-refractivity contribution in [1.82, 2.24) is 4.72 Å². The van der Waals surface area contributed by atoms with Crippen LogP contribution < -0.4 is 10.0 Å². The molecule has 0 amide bonds. The fraction of sp³-hybridized carbons (Fsp3) is 0.250. The maximum Gasteiger partial charge on any atom is 0.269 e. The molecule has 2 aromatic carbocycles. The van der Waals surface area contributed by atoms with Gasteiger partial charge in [-0.25, -0.2) is 13.1 Å². The molecule has 0 aliphatic rings. The first kappa shape index (κ1) is 17.9. The summed E-state index contributed by atoms with van der Waals surface area (Å²) in [6, 6.07) is 13.7. The van der Waals surface area contributed by atoms with Gasteiger partial charge >= 0.3 is 0 Å². The van der Waals surface area contributed by atoms with Crippen LogP contribution in [0.1, 0.15) is 24.1 Å². The number of hydrogen-bond acceptors (Lipinski definition) is 5. The minimum atomic E-state index is -3.22. The van der Waals surface area contributed by atoms with E-state index in [0.717, 1.165) is 23.1 Å². The summed E-state index contributed by atoms with van der Waals surface area (Å²) < 4.78 is 24.6. The van der Waals surface area contributed by atoms with Crippen LogP contribution in [-0.2, 0) is 16.6 Å². The van der Waals surface area contributed by atoms with E-state index in [1.807, 2.05) is 37.3 Å². The monoisotopic (exact) mass is 349 g/mol. The molecule has 128 valence electrons. The zero-order chi connectivity index (χ0) is 17.7. The van der Waals surface area contributed by atoms with E-state index in [9.17, 15) is 18.5 Å². The first-order chi connectivity index (χ1) is 11.2. The largest absolute Gasteiger partial charge is 0.379 e. The lowest BCUT2D eigenvalue weighted by Gasteiger charge is -2.16. The Morgan fingerprint density at radius 3 is 2.42 bits per heavy atom. The predicted molar refractivity (Wildman–Crippen MR) is 93.3 cm³/mol. The highest BCUT2D eigenvalue weighted by molar-refractivity contribution is 7.88. The van der Waals surface area contributed by atoms with Crippen molar-refractivity contribution in [2.75, 3.05) is 11.6 Å². The zero-order valence-corrected chi connectivity index (χ0v) is 14.2. The van der Waals surface area contributed by atoms with Crippen LogP contribution in [0.3, 0.4) is 0 Å². The molecule has 7 nitrogen and oxygen atoms in total. The van der Waals surface area contributed by atoms with Gasteiger partial charge in [-0.05, 0) is 30.2 Å². The molecule has 0 heterocycles. The predicted octanol–water partition coefficient (Wildman–Crippen LogP) is 2.82. The van der Waals surface area contributed by atoms with E-state index < -0.39 is 14.9 Å². The number of hydrogen-bond donors (Lipinski definition) is 2. The van der Waals surface area contributed by atoms with Crippen LogP contribution in [0.25, 0.3) is 0 Å². The molecule has 8 heteroatoms. The highest BCUT2D eigenvalue weighted by Crippen LogP contribution is 2.23. The number of nitrogens with one attached hydrogen (secondary N) is 2. The van der Waals surface area contributed by atoms with Crippen LogP contribution in [0.15, 0.2) is 48.5 Å². The Hall–Kier alpha value is -2.45. The molecule has 2 rings (SSSR count). The van der Waals surface area contributed by atoms with E-state index >= 15 is 0 Å². The Morgan fingerprint density at radius 1 is 1.17 bits per heavy atom. The zero-order valence-electron chi connectivity index (χ0n) is 13.4. The van der Waals surface area contributed by atoms with Gasteiger partial charge in [0.15, 0.2) is 0 Å². The fourth-order valence-corrected chi connectivity index (χ4v) is 2.60. The SMILES string of the molecule is C[C@H](Nc1ccc(CNS(C)(=O)=O)cc1)c1cccc([N+](=O)[O-])c1. The van der Waals surface area contributed by atoms with Crippen LogP contribution in [0.4, 0.5) is 11.4 Å². The lowest BCUT2D eigenvalue weighted by molar-refractivity contribution is -0.384. The second kappa shape index (κ2) is 7.41. The summed E-state index contributed by atoms with van der Waals surface area (Å²) in [6.07, 6.45) is 1.11. The van der Waals surface area contributed by atoms with E-state index in [1.54, 1.807) is 12.1 Å². The maximum absolute atomic E-state index is 11.1. The Morgan fingerprint density at radius 2 is 1.83 bits per heavy atom. The normalized spacial score (nSPS) is 12.6. The highest BCUT2D eigenvalue weighted by atomic mass is 32.2. The molecule has 0 aromatic heterocycles. The van der Waals surface area contributed by atoms with Gasteiger partial charge in [-0.15, -0.1) is 0 Å². The molecule has 0 saturated heterocycles. The van der Waals surface area contributed by atoms with E-state index in [-0.39, 0.29) is 18.3 Å². The molecular formula is C16H19N3O4S. The van der Waals surface area contributed by atoms with E-state index in [0.29, 0.717) is 0 Å². The van der Waals surface area contributed by atoms with Gasteiger partial charge < -0.3 is 5.32 Å². The molecule has 1 atom stereocenters. The van der Waals surface area contributed by atoms with E-state index in [4.69, 9.17) is 0 Å². The van der Waals surface area contributed by atoms with Gasteiger partial charge in [-0.2, -0.15) is 0 Å². The lowest BCUT2D eigenvalue weighted by Crippen LogP contribution is -2.21. The summed E-state index contributed by atoms with van der Waals surface area (Å²) in [4.78, 5) is 10.4. The number of nitrogens with zero attached hydrogens (tertiary/aromatic N) is 1. The molecular weight excluding hydrogens is 330 g/mol. The van der Waals surface area contributed by atoms with Gasteiger partial charge in [-0.1, -0.05) is 24.3 Å². The number of sulfonamides is 1. The summed E-state index contributed by atoms with van der Waals surface area (Å²) >= 11 is 0. The Bertz CT molecular complexity index is 819. The van der Waals surface area contributed by atoms with Crippen LogP contribution >= 0.6 is 0 Å². The summed E-state index contributed by atoms with van der Waals surface area (Å²) in [5.41, 5.74) is 2.56. The first-order valence-corrected chi connectivity index (χ1v) is 9.18. The average Bonchev–Trinajstić information content (AvgIpc) is 2.53. The number of rotatable bonds is 7. The smallest absolute Gasteiger partial charge is 0.269 e.